The van der Waals surface area contributed by atoms with Gasteiger partial charge in [-0.25, -0.2) is 0 Å². The third kappa shape index (κ3) is 4.19. The molecule has 2 heteroatoms. The highest BCUT2D eigenvalue weighted by Crippen LogP contribution is 2.27. The van der Waals surface area contributed by atoms with Crippen molar-refractivity contribution in [2.24, 2.45) is 0 Å². The minimum atomic E-state index is -0.754. The molecule has 0 saturated heterocycles. The molecule has 1 nitrogen and oxygen atoms in total. The molecule has 0 aliphatic rings. The molecule has 0 unspecified atom stereocenters. The molecule has 0 bridgehead atoms. The molecule has 2 aromatic carbocycles. The van der Waals surface area contributed by atoms with Crippen LogP contribution in [-0.2, 0) is 12.0 Å². The average molecular weight is 319 g/mol. The zero-order chi connectivity index (χ0) is 13.7. The molecule has 0 radical (unpaired) electrons. The van der Waals surface area contributed by atoms with Crippen molar-refractivity contribution in [3.05, 3.63) is 70.2 Å². The summed E-state index contributed by atoms with van der Waals surface area (Å²) in [6, 6.07) is 18.3. The van der Waals surface area contributed by atoms with Crippen molar-refractivity contribution < 1.29 is 5.11 Å². The predicted molar refractivity (Wildman–Crippen MR) is 83.1 cm³/mol. The van der Waals surface area contributed by atoms with Gasteiger partial charge in [0.25, 0.3) is 0 Å². The Balaban J connectivity index is 1.92. The van der Waals surface area contributed by atoms with Gasteiger partial charge in [-0.3, -0.25) is 0 Å². The van der Waals surface area contributed by atoms with E-state index in [0.717, 1.165) is 29.3 Å². The molecule has 0 amide bonds. The monoisotopic (exact) mass is 318 g/mol. The van der Waals surface area contributed by atoms with Gasteiger partial charge in [-0.1, -0.05) is 58.4 Å². The van der Waals surface area contributed by atoms with Crippen molar-refractivity contribution in [1.29, 1.82) is 0 Å². The Morgan fingerprint density at radius 1 is 1.00 bits per heavy atom. The molecule has 0 heterocycles. The van der Waals surface area contributed by atoms with Crippen molar-refractivity contribution in [2.75, 3.05) is 0 Å². The predicted octanol–water partition coefficient (Wildman–Crippen LogP) is 4.68. The molecule has 2 rings (SSSR count). The van der Waals surface area contributed by atoms with Gasteiger partial charge in [-0.15, -0.1) is 0 Å². The van der Waals surface area contributed by atoms with Crippen molar-refractivity contribution in [2.45, 2.75) is 31.8 Å². The second-order valence-corrected chi connectivity index (χ2v) is 6.04. The van der Waals surface area contributed by atoms with Gasteiger partial charge in [0.05, 0.1) is 5.60 Å². The van der Waals surface area contributed by atoms with Crippen molar-refractivity contribution in [1.82, 2.24) is 0 Å². The average Bonchev–Trinajstić information content (AvgIpc) is 2.40. The minimum Gasteiger partial charge on any atom is -0.385 e. The van der Waals surface area contributed by atoms with E-state index in [0.29, 0.717) is 0 Å². The lowest BCUT2D eigenvalue weighted by Gasteiger charge is -2.24. The maximum Gasteiger partial charge on any atom is 0.0868 e. The zero-order valence-electron chi connectivity index (χ0n) is 11.1. The van der Waals surface area contributed by atoms with Gasteiger partial charge in [0.15, 0.2) is 0 Å². The summed E-state index contributed by atoms with van der Waals surface area (Å²) in [6.07, 6.45) is 2.75. The van der Waals surface area contributed by atoms with Gasteiger partial charge in [0.1, 0.15) is 0 Å². The van der Waals surface area contributed by atoms with Crippen LogP contribution in [0.5, 0.6) is 0 Å². The van der Waals surface area contributed by atoms with E-state index >= 15 is 0 Å². The van der Waals surface area contributed by atoms with Crippen LogP contribution < -0.4 is 0 Å². The largest absolute Gasteiger partial charge is 0.385 e. The topological polar surface area (TPSA) is 20.2 Å². The summed E-state index contributed by atoms with van der Waals surface area (Å²) in [5, 5.41) is 10.5. The maximum atomic E-state index is 10.5. The second kappa shape index (κ2) is 6.36. The molecule has 0 aliphatic carbocycles. The lowest BCUT2D eigenvalue weighted by atomic mass is 9.90. The summed E-state index contributed by atoms with van der Waals surface area (Å²) >= 11 is 3.41. The highest BCUT2D eigenvalue weighted by Gasteiger charge is 2.22. The van der Waals surface area contributed by atoms with Crippen molar-refractivity contribution in [3.63, 3.8) is 0 Å². The third-order valence-corrected chi connectivity index (χ3v) is 3.97. The molecule has 2 aromatic rings. The van der Waals surface area contributed by atoms with Crippen LogP contribution in [0.1, 0.15) is 30.9 Å². The summed E-state index contributed by atoms with van der Waals surface area (Å²) in [6.45, 7) is 1.89. The number of halogens is 1. The van der Waals surface area contributed by atoms with E-state index in [1.165, 1.54) is 5.56 Å². The summed E-state index contributed by atoms with van der Waals surface area (Å²) in [4.78, 5) is 0. The number of benzene rings is 2. The number of rotatable bonds is 5. The smallest absolute Gasteiger partial charge is 0.0868 e. The molecule has 0 saturated carbocycles. The maximum absolute atomic E-state index is 10.5. The zero-order valence-corrected chi connectivity index (χ0v) is 12.7. The fourth-order valence-electron chi connectivity index (χ4n) is 2.23. The van der Waals surface area contributed by atoms with E-state index in [1.54, 1.807) is 0 Å². The second-order valence-electron chi connectivity index (χ2n) is 5.12. The summed E-state index contributed by atoms with van der Waals surface area (Å²) in [5.41, 5.74) is 1.55. The first-order chi connectivity index (χ1) is 9.08. The van der Waals surface area contributed by atoms with Crippen LogP contribution in [0.2, 0.25) is 0 Å². The molecular weight excluding hydrogens is 300 g/mol. The van der Waals surface area contributed by atoms with Crippen molar-refractivity contribution in [3.8, 4) is 0 Å². The SMILES string of the molecule is C[C@](O)(CCCc1ccccc1)c1ccc(Br)cc1. The van der Waals surface area contributed by atoms with Crippen LogP contribution in [0.15, 0.2) is 59.1 Å². The van der Waals surface area contributed by atoms with Crippen LogP contribution in [0.4, 0.5) is 0 Å². The van der Waals surface area contributed by atoms with E-state index in [9.17, 15) is 5.11 Å². The van der Waals surface area contributed by atoms with E-state index in [1.807, 2.05) is 37.3 Å². The van der Waals surface area contributed by atoms with Crippen LogP contribution >= 0.6 is 15.9 Å². The Kier molecular flexibility index (Phi) is 4.78. The highest BCUT2D eigenvalue weighted by molar-refractivity contribution is 9.10. The van der Waals surface area contributed by atoms with E-state index in [4.69, 9.17) is 0 Å². The molecular formula is C17H19BrO. The first-order valence-corrected chi connectivity index (χ1v) is 7.39. The molecule has 0 aromatic heterocycles. The molecule has 0 aliphatic heterocycles. The van der Waals surface area contributed by atoms with Gasteiger partial charge in [-0.2, -0.15) is 0 Å². The number of aryl methyl sites for hydroxylation is 1. The standard InChI is InChI=1S/C17H19BrO/c1-17(19,15-9-11-16(18)12-10-15)13-5-8-14-6-3-2-4-7-14/h2-4,6-7,9-12,19H,5,8,13H2,1H3/t17-/m0/s1. The highest BCUT2D eigenvalue weighted by atomic mass is 79.9. The number of hydrogen-bond donors (Lipinski definition) is 1. The van der Waals surface area contributed by atoms with Gasteiger partial charge in [0, 0.05) is 4.47 Å². The molecule has 1 atom stereocenters. The Morgan fingerprint density at radius 3 is 2.26 bits per heavy atom. The van der Waals surface area contributed by atoms with Crippen LogP contribution in [0.3, 0.4) is 0 Å². The minimum absolute atomic E-state index is 0.754. The van der Waals surface area contributed by atoms with E-state index < -0.39 is 5.60 Å². The molecule has 0 spiro atoms. The number of hydrogen-bond acceptors (Lipinski definition) is 1. The van der Waals surface area contributed by atoms with Gasteiger partial charge in [0.2, 0.25) is 0 Å². The van der Waals surface area contributed by atoms with Crippen LogP contribution in [0, 0.1) is 0 Å². The van der Waals surface area contributed by atoms with Crippen LogP contribution in [-0.4, -0.2) is 5.11 Å². The summed E-state index contributed by atoms with van der Waals surface area (Å²) < 4.78 is 1.04. The summed E-state index contributed by atoms with van der Waals surface area (Å²) in [5.74, 6) is 0. The fraction of sp³-hybridized carbons (Fsp3) is 0.294. The van der Waals surface area contributed by atoms with Crippen molar-refractivity contribution >= 4 is 15.9 Å². The summed E-state index contributed by atoms with van der Waals surface area (Å²) in [7, 11) is 0. The Labute approximate surface area is 123 Å². The van der Waals surface area contributed by atoms with E-state index in [2.05, 4.69) is 40.2 Å². The quantitative estimate of drug-likeness (QED) is 0.848. The van der Waals surface area contributed by atoms with Gasteiger partial charge < -0.3 is 5.11 Å². The molecule has 0 fully saturated rings. The lowest BCUT2D eigenvalue weighted by Crippen LogP contribution is -2.21. The number of aliphatic hydroxyl groups is 1. The third-order valence-electron chi connectivity index (χ3n) is 3.44. The lowest BCUT2D eigenvalue weighted by molar-refractivity contribution is 0.0457. The van der Waals surface area contributed by atoms with Gasteiger partial charge >= 0.3 is 0 Å². The first kappa shape index (κ1) is 14.3. The Bertz CT molecular complexity index is 503. The molecule has 19 heavy (non-hydrogen) atoms. The van der Waals surface area contributed by atoms with Gasteiger partial charge in [-0.05, 0) is 49.4 Å². The normalized spacial score (nSPS) is 14.1. The fourth-order valence-corrected chi connectivity index (χ4v) is 2.50. The Morgan fingerprint density at radius 2 is 1.63 bits per heavy atom. The molecule has 1 N–H and O–H groups in total. The van der Waals surface area contributed by atoms with Crippen LogP contribution in [0.25, 0.3) is 0 Å². The first-order valence-electron chi connectivity index (χ1n) is 6.60. The molecule has 100 valence electrons. The Hall–Kier alpha value is -1.12. The van der Waals surface area contributed by atoms with E-state index in [-0.39, 0.29) is 0 Å².